The fourth-order valence-electron chi connectivity index (χ4n) is 2.24. The highest BCUT2D eigenvalue weighted by Crippen LogP contribution is 2.32. The van der Waals surface area contributed by atoms with Gasteiger partial charge in [-0.2, -0.15) is 0 Å². The van der Waals surface area contributed by atoms with Crippen molar-refractivity contribution in [2.75, 3.05) is 0 Å². The Morgan fingerprint density at radius 3 is 2.68 bits per heavy atom. The second kappa shape index (κ2) is 5.24. The first kappa shape index (κ1) is 11.9. The van der Waals surface area contributed by atoms with E-state index in [1.165, 1.54) is 0 Å². The van der Waals surface area contributed by atoms with Crippen LogP contribution < -0.4 is 4.74 Å². The lowest BCUT2D eigenvalue weighted by molar-refractivity contribution is -0.137. The Balaban J connectivity index is 1.65. The van der Waals surface area contributed by atoms with Gasteiger partial charge in [-0.3, -0.25) is 4.79 Å². The number of para-hydroxylation sites is 1. The zero-order valence-electron chi connectivity index (χ0n) is 10.4. The molecule has 3 nitrogen and oxygen atoms in total. The van der Waals surface area contributed by atoms with Crippen LogP contribution in [0.4, 0.5) is 0 Å². The SMILES string of the molecule is O=C(C[C@H]1OCc2ccccc21)Oc1ccccc1. The number of carbonyl (C=O) groups is 1. The summed E-state index contributed by atoms with van der Waals surface area (Å²) in [4.78, 5) is 11.9. The largest absolute Gasteiger partial charge is 0.426 e. The first-order valence-corrected chi connectivity index (χ1v) is 6.28. The molecule has 0 radical (unpaired) electrons. The molecular formula is C16H14O3. The van der Waals surface area contributed by atoms with Gasteiger partial charge in [-0.25, -0.2) is 0 Å². The average molecular weight is 254 g/mol. The summed E-state index contributed by atoms with van der Waals surface area (Å²) in [6, 6.07) is 17.1. The Labute approximate surface area is 111 Å². The molecule has 0 aliphatic carbocycles. The number of esters is 1. The van der Waals surface area contributed by atoms with Crippen molar-refractivity contribution in [2.24, 2.45) is 0 Å². The van der Waals surface area contributed by atoms with Crippen molar-refractivity contribution in [3.63, 3.8) is 0 Å². The summed E-state index contributed by atoms with van der Waals surface area (Å²) in [5, 5.41) is 0. The van der Waals surface area contributed by atoms with Crippen LogP contribution in [0.3, 0.4) is 0 Å². The van der Waals surface area contributed by atoms with Gasteiger partial charge in [0.25, 0.3) is 0 Å². The molecule has 1 heterocycles. The number of ether oxygens (including phenoxy) is 2. The molecule has 3 rings (SSSR count). The highest BCUT2D eigenvalue weighted by molar-refractivity contribution is 5.73. The summed E-state index contributed by atoms with van der Waals surface area (Å²) < 4.78 is 10.9. The van der Waals surface area contributed by atoms with E-state index in [0.717, 1.165) is 11.1 Å². The maximum absolute atomic E-state index is 11.9. The van der Waals surface area contributed by atoms with Gasteiger partial charge in [0.1, 0.15) is 5.75 Å². The molecule has 1 atom stereocenters. The van der Waals surface area contributed by atoms with Gasteiger partial charge >= 0.3 is 5.97 Å². The number of fused-ring (bicyclic) bond motifs is 1. The number of carbonyl (C=O) groups excluding carboxylic acids is 1. The Kier molecular flexibility index (Phi) is 3.29. The standard InChI is InChI=1S/C16H14O3/c17-16(19-13-7-2-1-3-8-13)10-15-14-9-5-4-6-12(14)11-18-15/h1-9,15H,10-11H2/t15-/m1/s1. The van der Waals surface area contributed by atoms with Crippen LogP contribution in [0.25, 0.3) is 0 Å². The van der Waals surface area contributed by atoms with E-state index in [-0.39, 0.29) is 18.5 Å². The molecule has 19 heavy (non-hydrogen) atoms. The van der Waals surface area contributed by atoms with Crippen molar-refractivity contribution < 1.29 is 14.3 Å². The highest BCUT2D eigenvalue weighted by Gasteiger charge is 2.25. The Morgan fingerprint density at radius 2 is 1.84 bits per heavy atom. The smallest absolute Gasteiger partial charge is 0.314 e. The monoisotopic (exact) mass is 254 g/mol. The van der Waals surface area contributed by atoms with Crippen LogP contribution in [-0.2, 0) is 16.1 Å². The third kappa shape index (κ3) is 2.66. The maximum Gasteiger partial charge on any atom is 0.314 e. The van der Waals surface area contributed by atoms with Crippen molar-refractivity contribution in [3.8, 4) is 5.75 Å². The summed E-state index contributed by atoms with van der Waals surface area (Å²) >= 11 is 0. The van der Waals surface area contributed by atoms with E-state index in [1.54, 1.807) is 12.1 Å². The van der Waals surface area contributed by atoms with E-state index >= 15 is 0 Å². The van der Waals surface area contributed by atoms with Crippen LogP contribution in [0.2, 0.25) is 0 Å². The third-order valence-electron chi connectivity index (χ3n) is 3.17. The zero-order valence-corrected chi connectivity index (χ0v) is 10.4. The molecule has 0 aromatic heterocycles. The topological polar surface area (TPSA) is 35.5 Å². The van der Waals surface area contributed by atoms with Gasteiger partial charge in [-0.05, 0) is 23.3 Å². The van der Waals surface area contributed by atoms with Crippen molar-refractivity contribution in [3.05, 3.63) is 65.7 Å². The summed E-state index contributed by atoms with van der Waals surface area (Å²) in [5.41, 5.74) is 2.24. The van der Waals surface area contributed by atoms with Crippen molar-refractivity contribution in [1.82, 2.24) is 0 Å². The average Bonchev–Trinajstić information content (AvgIpc) is 2.83. The van der Waals surface area contributed by atoms with E-state index in [2.05, 4.69) is 0 Å². The van der Waals surface area contributed by atoms with Gasteiger partial charge in [-0.15, -0.1) is 0 Å². The number of rotatable bonds is 3. The van der Waals surface area contributed by atoms with Gasteiger partial charge in [0.2, 0.25) is 0 Å². The molecule has 3 heteroatoms. The van der Waals surface area contributed by atoms with Gasteiger partial charge in [0.05, 0.1) is 19.1 Å². The Hall–Kier alpha value is -2.13. The van der Waals surface area contributed by atoms with Crippen LogP contribution in [0, 0.1) is 0 Å². The first-order valence-electron chi connectivity index (χ1n) is 6.28. The molecule has 0 fully saturated rings. The lowest BCUT2D eigenvalue weighted by Gasteiger charge is -2.10. The molecule has 0 spiro atoms. The van der Waals surface area contributed by atoms with Gasteiger partial charge in [0, 0.05) is 0 Å². The minimum absolute atomic E-state index is 0.188. The van der Waals surface area contributed by atoms with Gasteiger partial charge in [0.15, 0.2) is 0 Å². The molecule has 0 saturated heterocycles. The molecule has 1 aliphatic rings. The van der Waals surface area contributed by atoms with Gasteiger partial charge < -0.3 is 9.47 Å². The van der Waals surface area contributed by atoms with Crippen molar-refractivity contribution in [2.45, 2.75) is 19.1 Å². The lowest BCUT2D eigenvalue weighted by Crippen LogP contribution is -2.12. The van der Waals surface area contributed by atoms with E-state index < -0.39 is 0 Å². The quantitative estimate of drug-likeness (QED) is 0.623. The predicted molar refractivity (Wildman–Crippen MR) is 70.7 cm³/mol. The maximum atomic E-state index is 11.9. The number of hydrogen-bond donors (Lipinski definition) is 0. The molecular weight excluding hydrogens is 240 g/mol. The van der Waals surface area contributed by atoms with Crippen LogP contribution >= 0.6 is 0 Å². The molecule has 0 unspecified atom stereocenters. The molecule has 96 valence electrons. The summed E-state index contributed by atoms with van der Waals surface area (Å²) in [7, 11) is 0. The highest BCUT2D eigenvalue weighted by atomic mass is 16.5. The molecule has 0 bridgehead atoms. The first-order chi connectivity index (χ1) is 9.33. The summed E-state index contributed by atoms with van der Waals surface area (Å²) in [5.74, 6) is 0.298. The second-order valence-corrected chi connectivity index (χ2v) is 4.49. The fraction of sp³-hybridized carbons (Fsp3) is 0.188. The van der Waals surface area contributed by atoms with Crippen LogP contribution in [0.15, 0.2) is 54.6 Å². The number of hydrogen-bond acceptors (Lipinski definition) is 3. The van der Waals surface area contributed by atoms with E-state index in [0.29, 0.717) is 12.4 Å². The molecule has 0 N–H and O–H groups in total. The van der Waals surface area contributed by atoms with Crippen LogP contribution in [-0.4, -0.2) is 5.97 Å². The van der Waals surface area contributed by atoms with E-state index in [4.69, 9.17) is 9.47 Å². The zero-order chi connectivity index (χ0) is 13.1. The molecule has 0 amide bonds. The minimum atomic E-state index is -0.270. The van der Waals surface area contributed by atoms with E-state index in [1.807, 2.05) is 42.5 Å². The summed E-state index contributed by atoms with van der Waals surface area (Å²) in [6.07, 6.45) is 0.0544. The minimum Gasteiger partial charge on any atom is -0.426 e. The molecule has 1 aliphatic heterocycles. The summed E-state index contributed by atoms with van der Waals surface area (Å²) in [6.45, 7) is 0.569. The van der Waals surface area contributed by atoms with Crippen molar-refractivity contribution in [1.29, 1.82) is 0 Å². The van der Waals surface area contributed by atoms with Gasteiger partial charge in [-0.1, -0.05) is 42.5 Å². The van der Waals surface area contributed by atoms with E-state index in [9.17, 15) is 4.79 Å². The third-order valence-corrected chi connectivity index (χ3v) is 3.17. The molecule has 2 aromatic carbocycles. The van der Waals surface area contributed by atoms with Crippen LogP contribution in [0.1, 0.15) is 23.7 Å². The van der Waals surface area contributed by atoms with Crippen molar-refractivity contribution >= 4 is 5.97 Å². The molecule has 2 aromatic rings. The normalized spacial score (nSPS) is 16.9. The fourth-order valence-corrected chi connectivity index (χ4v) is 2.24. The second-order valence-electron chi connectivity index (χ2n) is 4.49. The van der Waals surface area contributed by atoms with Crippen LogP contribution in [0.5, 0.6) is 5.75 Å². The Morgan fingerprint density at radius 1 is 1.11 bits per heavy atom. The molecule has 0 saturated carbocycles. The lowest BCUT2D eigenvalue weighted by atomic mass is 10.0. The predicted octanol–water partition coefficient (Wildman–Crippen LogP) is 3.25. The number of benzene rings is 2. The Bertz CT molecular complexity index is 578.